The number of hydrogen-bond donors (Lipinski definition) is 2. The normalized spacial score (nSPS) is 13.7. The van der Waals surface area contributed by atoms with Crippen LogP contribution in [0, 0.1) is 6.92 Å². The number of nitrogens with one attached hydrogen (secondary N) is 1. The van der Waals surface area contributed by atoms with Crippen LogP contribution in [0.2, 0.25) is 0 Å². The van der Waals surface area contributed by atoms with Crippen molar-refractivity contribution < 1.29 is 4.74 Å². The Morgan fingerprint density at radius 3 is 2.52 bits per heavy atom. The Morgan fingerprint density at radius 1 is 1.33 bits per heavy atom. The standard InChI is InChI=1S/C15H19N3O2S/c1-9-8-13(19)18-15(17-9)21-14(10(2)16)11-4-6-12(20-3)7-5-11/h4-8,10,14H,16H2,1-3H3,(H,17,18,19). The molecular weight excluding hydrogens is 286 g/mol. The number of ether oxygens (including phenoxy) is 1. The van der Waals surface area contributed by atoms with E-state index in [2.05, 4.69) is 9.97 Å². The van der Waals surface area contributed by atoms with Gasteiger partial charge in [-0.2, -0.15) is 0 Å². The van der Waals surface area contributed by atoms with Crippen molar-refractivity contribution in [3.05, 3.63) is 51.9 Å². The zero-order valence-electron chi connectivity index (χ0n) is 12.3. The smallest absolute Gasteiger partial charge is 0.251 e. The fraction of sp³-hybridized carbons (Fsp3) is 0.333. The maximum Gasteiger partial charge on any atom is 0.251 e. The molecule has 21 heavy (non-hydrogen) atoms. The van der Waals surface area contributed by atoms with Gasteiger partial charge in [0.2, 0.25) is 0 Å². The van der Waals surface area contributed by atoms with E-state index in [9.17, 15) is 4.79 Å². The molecule has 0 spiro atoms. The van der Waals surface area contributed by atoms with E-state index in [0.717, 1.165) is 11.3 Å². The van der Waals surface area contributed by atoms with Crippen molar-refractivity contribution in [1.29, 1.82) is 0 Å². The average molecular weight is 305 g/mol. The first-order valence-electron chi connectivity index (χ1n) is 6.63. The highest BCUT2D eigenvalue weighted by atomic mass is 32.2. The van der Waals surface area contributed by atoms with Gasteiger partial charge in [0.25, 0.3) is 5.56 Å². The molecule has 0 bridgehead atoms. The molecule has 0 amide bonds. The number of aromatic amines is 1. The first kappa shape index (κ1) is 15.6. The van der Waals surface area contributed by atoms with Crippen LogP contribution >= 0.6 is 11.8 Å². The molecule has 1 aromatic heterocycles. The molecule has 5 nitrogen and oxygen atoms in total. The monoisotopic (exact) mass is 305 g/mol. The predicted octanol–water partition coefficient (Wildman–Crippen LogP) is 2.27. The van der Waals surface area contributed by atoms with Crippen molar-refractivity contribution in [3.8, 4) is 5.75 Å². The average Bonchev–Trinajstić information content (AvgIpc) is 2.43. The van der Waals surface area contributed by atoms with E-state index in [1.54, 1.807) is 14.0 Å². The first-order chi connectivity index (χ1) is 9.99. The van der Waals surface area contributed by atoms with Crippen LogP contribution in [-0.4, -0.2) is 23.1 Å². The van der Waals surface area contributed by atoms with Crippen LogP contribution in [0.1, 0.15) is 23.4 Å². The number of aromatic nitrogens is 2. The minimum absolute atomic E-state index is 0.000793. The van der Waals surface area contributed by atoms with Crippen LogP contribution in [0.25, 0.3) is 0 Å². The third-order valence-electron chi connectivity index (χ3n) is 3.01. The molecule has 2 atom stereocenters. The summed E-state index contributed by atoms with van der Waals surface area (Å²) in [6, 6.07) is 9.14. The number of nitrogens with zero attached hydrogens (tertiary/aromatic N) is 1. The van der Waals surface area contributed by atoms with Crippen LogP contribution in [0.5, 0.6) is 5.75 Å². The number of thioether (sulfide) groups is 1. The molecule has 0 radical (unpaired) electrons. The molecule has 6 heteroatoms. The maximum absolute atomic E-state index is 11.5. The van der Waals surface area contributed by atoms with E-state index in [1.807, 2.05) is 31.2 Å². The second-order valence-corrected chi connectivity index (χ2v) is 5.99. The summed E-state index contributed by atoms with van der Waals surface area (Å²) in [5.74, 6) is 0.800. The van der Waals surface area contributed by atoms with E-state index < -0.39 is 0 Å². The van der Waals surface area contributed by atoms with Crippen LogP contribution in [0.15, 0.2) is 40.3 Å². The molecule has 1 aromatic carbocycles. The topological polar surface area (TPSA) is 81.0 Å². The first-order valence-corrected chi connectivity index (χ1v) is 7.51. The van der Waals surface area contributed by atoms with Crippen molar-refractivity contribution in [1.82, 2.24) is 9.97 Å². The Labute approximate surface area is 127 Å². The Balaban J connectivity index is 2.28. The summed E-state index contributed by atoms with van der Waals surface area (Å²) in [6.45, 7) is 3.74. The molecule has 1 heterocycles. The van der Waals surface area contributed by atoms with E-state index >= 15 is 0 Å². The SMILES string of the molecule is COc1ccc(C(Sc2nc(C)cc(=O)[nH]2)C(C)N)cc1. The van der Waals surface area contributed by atoms with Crippen LogP contribution < -0.4 is 16.0 Å². The predicted molar refractivity (Wildman–Crippen MR) is 84.8 cm³/mol. The van der Waals surface area contributed by atoms with Gasteiger partial charge in [0.05, 0.1) is 12.4 Å². The van der Waals surface area contributed by atoms with Crippen LogP contribution in [0.3, 0.4) is 0 Å². The molecule has 0 aliphatic heterocycles. The Hall–Kier alpha value is -1.79. The van der Waals surface area contributed by atoms with Gasteiger partial charge in [-0.05, 0) is 31.5 Å². The van der Waals surface area contributed by atoms with E-state index in [0.29, 0.717) is 10.9 Å². The van der Waals surface area contributed by atoms with E-state index in [4.69, 9.17) is 10.5 Å². The fourth-order valence-corrected chi connectivity index (χ4v) is 3.10. The summed E-state index contributed by atoms with van der Waals surface area (Å²) >= 11 is 1.46. The van der Waals surface area contributed by atoms with Crippen molar-refractivity contribution >= 4 is 11.8 Å². The molecule has 3 N–H and O–H groups in total. The lowest BCUT2D eigenvalue weighted by molar-refractivity contribution is 0.414. The lowest BCUT2D eigenvalue weighted by atomic mass is 10.1. The molecule has 2 rings (SSSR count). The third-order valence-corrected chi connectivity index (χ3v) is 4.38. The second-order valence-electron chi connectivity index (χ2n) is 4.86. The zero-order chi connectivity index (χ0) is 15.4. The number of H-pyrrole nitrogens is 1. The maximum atomic E-state index is 11.5. The Bertz CT molecular complexity index is 653. The van der Waals surface area contributed by atoms with Crippen LogP contribution in [0.4, 0.5) is 0 Å². The van der Waals surface area contributed by atoms with Crippen LogP contribution in [-0.2, 0) is 0 Å². The van der Waals surface area contributed by atoms with Crippen molar-refractivity contribution in [2.75, 3.05) is 7.11 Å². The van der Waals surface area contributed by atoms with Gasteiger partial charge in [0.15, 0.2) is 5.16 Å². The highest BCUT2D eigenvalue weighted by Crippen LogP contribution is 2.35. The van der Waals surface area contributed by atoms with Gasteiger partial charge >= 0.3 is 0 Å². The largest absolute Gasteiger partial charge is 0.497 e. The zero-order valence-corrected chi connectivity index (χ0v) is 13.1. The molecule has 2 unspecified atom stereocenters. The molecule has 0 aliphatic carbocycles. The second kappa shape index (κ2) is 6.78. The van der Waals surface area contributed by atoms with Crippen molar-refractivity contribution in [2.45, 2.75) is 30.3 Å². The molecule has 0 aliphatic rings. The number of methoxy groups -OCH3 is 1. The van der Waals surface area contributed by atoms with Gasteiger partial charge in [-0.15, -0.1) is 0 Å². The fourth-order valence-electron chi connectivity index (χ4n) is 2.00. The lowest BCUT2D eigenvalue weighted by Gasteiger charge is -2.20. The highest BCUT2D eigenvalue weighted by Gasteiger charge is 2.19. The molecule has 112 valence electrons. The molecule has 0 saturated carbocycles. The van der Waals surface area contributed by atoms with E-state index in [-0.39, 0.29) is 16.9 Å². The molecule has 2 aromatic rings. The van der Waals surface area contributed by atoms with Gasteiger partial charge in [-0.3, -0.25) is 4.79 Å². The van der Waals surface area contributed by atoms with Crippen molar-refractivity contribution in [2.24, 2.45) is 5.73 Å². The summed E-state index contributed by atoms with van der Waals surface area (Å²) in [6.07, 6.45) is 0. The summed E-state index contributed by atoms with van der Waals surface area (Å²) in [7, 11) is 1.63. The number of hydrogen-bond acceptors (Lipinski definition) is 5. The summed E-state index contributed by atoms with van der Waals surface area (Å²) in [5, 5.41) is 0.582. The quantitative estimate of drug-likeness (QED) is 0.654. The summed E-state index contributed by atoms with van der Waals surface area (Å²) in [5.41, 5.74) is 7.70. The summed E-state index contributed by atoms with van der Waals surface area (Å²) in [4.78, 5) is 18.6. The van der Waals surface area contributed by atoms with E-state index in [1.165, 1.54) is 17.8 Å². The number of aryl methyl sites for hydroxylation is 1. The van der Waals surface area contributed by atoms with Gasteiger partial charge in [0, 0.05) is 17.8 Å². The van der Waals surface area contributed by atoms with Gasteiger partial charge < -0.3 is 15.5 Å². The number of nitrogens with two attached hydrogens (primary N) is 1. The Morgan fingerprint density at radius 2 is 2.00 bits per heavy atom. The molecular formula is C15H19N3O2S. The van der Waals surface area contributed by atoms with Gasteiger partial charge in [-0.1, -0.05) is 23.9 Å². The van der Waals surface area contributed by atoms with Gasteiger partial charge in [0.1, 0.15) is 5.75 Å². The minimum atomic E-state index is -0.150. The highest BCUT2D eigenvalue weighted by molar-refractivity contribution is 7.99. The third kappa shape index (κ3) is 4.09. The van der Waals surface area contributed by atoms with Gasteiger partial charge in [-0.25, -0.2) is 4.98 Å². The Kier molecular flexibility index (Phi) is 5.03. The molecule has 0 saturated heterocycles. The lowest BCUT2D eigenvalue weighted by Crippen LogP contribution is -2.23. The van der Waals surface area contributed by atoms with Crippen molar-refractivity contribution in [3.63, 3.8) is 0 Å². The number of rotatable bonds is 5. The minimum Gasteiger partial charge on any atom is -0.497 e. The summed E-state index contributed by atoms with van der Waals surface area (Å²) < 4.78 is 5.16. The molecule has 0 fully saturated rings. The number of benzene rings is 1.